The fourth-order valence-electron chi connectivity index (χ4n) is 1.12. The average Bonchev–Trinajstić information content (AvgIpc) is 2.47. The number of imide groups is 1. The van der Waals surface area contributed by atoms with Gasteiger partial charge in [0.25, 0.3) is 0 Å². The molecule has 1 heterocycles. The first-order valence-electron chi connectivity index (χ1n) is 4.05. The Balaban J connectivity index is 2.28. The summed E-state index contributed by atoms with van der Waals surface area (Å²) >= 11 is -0.368. The molecule has 1 aromatic carbocycles. The van der Waals surface area contributed by atoms with E-state index in [1.807, 2.05) is 30.3 Å². The van der Waals surface area contributed by atoms with Gasteiger partial charge in [0, 0.05) is 0 Å². The van der Waals surface area contributed by atoms with Crippen molar-refractivity contribution in [2.75, 3.05) is 0 Å². The molecule has 70 valence electrons. The van der Waals surface area contributed by atoms with Gasteiger partial charge < -0.3 is 0 Å². The van der Waals surface area contributed by atoms with Crippen molar-refractivity contribution >= 4 is 31.7 Å². The van der Waals surface area contributed by atoms with Crippen LogP contribution >= 0.6 is 0 Å². The van der Waals surface area contributed by atoms with E-state index in [2.05, 4.69) is 5.32 Å². The van der Waals surface area contributed by atoms with Crippen molar-refractivity contribution in [2.45, 2.75) is 0 Å². The van der Waals surface area contributed by atoms with Crippen molar-refractivity contribution in [1.82, 2.24) is 5.32 Å². The van der Waals surface area contributed by atoms with Crippen molar-refractivity contribution < 1.29 is 9.59 Å². The van der Waals surface area contributed by atoms with Crippen LogP contribution in [0.5, 0.6) is 0 Å². The minimum absolute atomic E-state index is 0.162. The van der Waals surface area contributed by atoms with Gasteiger partial charge in [-0.25, -0.2) is 0 Å². The van der Waals surface area contributed by atoms with Crippen molar-refractivity contribution in [3.05, 3.63) is 40.4 Å². The van der Waals surface area contributed by atoms with Crippen molar-refractivity contribution in [1.29, 1.82) is 0 Å². The van der Waals surface area contributed by atoms with Crippen LogP contribution in [0.2, 0.25) is 0 Å². The fraction of sp³-hybridized carbons (Fsp3) is 0. The molecule has 0 radical (unpaired) electrons. The zero-order valence-corrected chi connectivity index (χ0v) is 8.90. The molecule has 2 amide bonds. The molecule has 14 heavy (non-hydrogen) atoms. The Hall–Kier alpha value is -1.38. The predicted molar refractivity (Wildman–Crippen MR) is 53.7 cm³/mol. The Kier molecular flexibility index (Phi) is 2.48. The molecule has 0 atom stereocenters. The molecule has 0 unspecified atom stereocenters. The van der Waals surface area contributed by atoms with E-state index < -0.39 is 0 Å². The minimum atomic E-state index is -0.368. The van der Waals surface area contributed by atoms with Gasteiger partial charge in [-0.05, 0) is 0 Å². The number of hydrogen-bond donors (Lipinski definition) is 1. The second-order valence-corrected chi connectivity index (χ2v) is 4.89. The molecule has 0 aromatic heterocycles. The Morgan fingerprint density at radius 2 is 1.86 bits per heavy atom. The van der Waals surface area contributed by atoms with Gasteiger partial charge in [0.05, 0.1) is 0 Å². The molecule has 0 bridgehead atoms. The Labute approximate surface area is 87.3 Å². The second-order valence-electron chi connectivity index (χ2n) is 2.76. The van der Waals surface area contributed by atoms with Gasteiger partial charge in [-0.15, -0.1) is 0 Å². The Morgan fingerprint density at radius 3 is 2.43 bits per heavy atom. The van der Waals surface area contributed by atoms with E-state index in [1.54, 1.807) is 6.08 Å². The van der Waals surface area contributed by atoms with E-state index in [9.17, 15) is 9.59 Å². The van der Waals surface area contributed by atoms with Gasteiger partial charge in [0.1, 0.15) is 0 Å². The van der Waals surface area contributed by atoms with Crippen LogP contribution in [-0.4, -0.2) is 25.7 Å². The molecule has 0 saturated carbocycles. The third kappa shape index (κ3) is 1.92. The maximum atomic E-state index is 11.2. The molecule has 4 heteroatoms. The van der Waals surface area contributed by atoms with Gasteiger partial charge in [-0.1, -0.05) is 0 Å². The molecule has 1 aromatic rings. The van der Waals surface area contributed by atoms with Crippen LogP contribution in [0.15, 0.2) is 34.8 Å². The fourth-order valence-corrected chi connectivity index (χ4v) is 2.55. The average molecular weight is 252 g/mol. The summed E-state index contributed by atoms with van der Waals surface area (Å²) < 4.78 is 0.591. The number of carbonyl (C=O) groups excluding carboxylic acids is 2. The molecule has 1 saturated heterocycles. The van der Waals surface area contributed by atoms with Gasteiger partial charge in [-0.3, -0.25) is 0 Å². The molecule has 1 N–H and O–H groups in total. The van der Waals surface area contributed by atoms with Gasteiger partial charge in [0.15, 0.2) is 0 Å². The monoisotopic (exact) mass is 253 g/mol. The summed E-state index contributed by atoms with van der Waals surface area (Å²) in [5, 5.41) is 2.27. The molecule has 1 fully saturated rings. The zero-order chi connectivity index (χ0) is 9.97. The van der Waals surface area contributed by atoms with Crippen LogP contribution in [0.4, 0.5) is 4.79 Å². The van der Waals surface area contributed by atoms with Crippen LogP contribution in [0, 0.1) is 0 Å². The number of hydrogen-bond acceptors (Lipinski definition) is 2. The second kappa shape index (κ2) is 3.78. The number of benzene rings is 1. The van der Waals surface area contributed by atoms with E-state index in [0.29, 0.717) is 4.47 Å². The molecule has 0 aliphatic carbocycles. The summed E-state index contributed by atoms with van der Waals surface area (Å²) in [5.74, 6) is -0.251. The summed E-state index contributed by atoms with van der Waals surface area (Å²) in [6.45, 7) is 0. The number of rotatable bonds is 1. The molecular formula is C10H7NO2Se. The van der Waals surface area contributed by atoms with Crippen LogP contribution < -0.4 is 5.32 Å². The summed E-state index contributed by atoms with van der Waals surface area (Å²) in [6, 6.07) is 9.51. The molecular weight excluding hydrogens is 245 g/mol. The zero-order valence-electron chi connectivity index (χ0n) is 7.19. The Bertz CT molecular complexity index is 411. The van der Waals surface area contributed by atoms with E-state index in [1.165, 1.54) is 0 Å². The normalized spacial score (nSPS) is 18.7. The van der Waals surface area contributed by atoms with E-state index in [4.69, 9.17) is 0 Å². The Morgan fingerprint density at radius 1 is 1.14 bits per heavy atom. The number of nitrogens with one attached hydrogen (secondary N) is 1. The summed E-state index contributed by atoms with van der Waals surface area (Å²) in [7, 11) is 0. The van der Waals surface area contributed by atoms with E-state index >= 15 is 0 Å². The summed E-state index contributed by atoms with van der Waals surface area (Å²) in [5.41, 5.74) is 0.953. The topological polar surface area (TPSA) is 46.2 Å². The predicted octanol–water partition coefficient (Wildman–Crippen LogP) is 0.982. The van der Waals surface area contributed by atoms with Gasteiger partial charge in [0.2, 0.25) is 0 Å². The van der Waals surface area contributed by atoms with Crippen LogP contribution in [0.3, 0.4) is 0 Å². The summed E-state index contributed by atoms with van der Waals surface area (Å²) in [4.78, 5) is 22.0. The third-order valence-corrected chi connectivity index (χ3v) is 3.44. The van der Waals surface area contributed by atoms with E-state index in [-0.39, 0.29) is 25.7 Å². The first kappa shape index (κ1) is 9.19. The summed E-state index contributed by atoms with van der Waals surface area (Å²) in [6.07, 6.45) is 1.76. The number of amides is 2. The quantitative estimate of drug-likeness (QED) is 0.598. The number of carbonyl (C=O) groups is 2. The maximum absolute atomic E-state index is 11.2. The molecule has 1 aliphatic heterocycles. The standard InChI is InChI=1S/C10H7NO2Se/c12-9-8(14-10(13)11-9)6-7-4-2-1-3-5-7/h1-6H,(H,11,12,13). The van der Waals surface area contributed by atoms with Crippen molar-refractivity contribution in [2.24, 2.45) is 0 Å². The SMILES string of the molecule is O=C1NC(=O)C(=Cc2ccccc2)[Se]1. The van der Waals surface area contributed by atoms with Gasteiger partial charge in [-0.2, -0.15) is 0 Å². The van der Waals surface area contributed by atoms with Crippen molar-refractivity contribution in [3.63, 3.8) is 0 Å². The molecule has 1 aliphatic rings. The van der Waals surface area contributed by atoms with Crippen LogP contribution in [0.25, 0.3) is 6.08 Å². The van der Waals surface area contributed by atoms with Crippen LogP contribution in [0.1, 0.15) is 5.56 Å². The third-order valence-electron chi connectivity index (χ3n) is 1.74. The van der Waals surface area contributed by atoms with E-state index in [0.717, 1.165) is 5.56 Å². The van der Waals surface area contributed by atoms with Crippen molar-refractivity contribution in [3.8, 4) is 0 Å². The first-order valence-corrected chi connectivity index (χ1v) is 5.77. The molecule has 2 rings (SSSR count). The molecule has 0 spiro atoms. The van der Waals surface area contributed by atoms with Crippen LogP contribution in [-0.2, 0) is 4.79 Å². The molecule has 3 nitrogen and oxygen atoms in total. The van der Waals surface area contributed by atoms with Gasteiger partial charge >= 0.3 is 87.0 Å². The first-order chi connectivity index (χ1) is 6.75.